The predicted molar refractivity (Wildman–Crippen MR) is 63.8 cm³/mol. The maximum Gasteiger partial charge on any atom is 0.0372 e. The van der Waals surface area contributed by atoms with Gasteiger partial charge in [-0.2, -0.15) is 0 Å². The number of hydrogen-bond donors (Lipinski definition) is 1. The molecule has 1 rings (SSSR count). The van der Waals surface area contributed by atoms with Gasteiger partial charge in [0.05, 0.1) is 0 Å². The number of benzene rings is 1. The molecule has 0 aromatic heterocycles. The van der Waals surface area contributed by atoms with Crippen molar-refractivity contribution in [3.05, 3.63) is 41.5 Å². The van der Waals surface area contributed by atoms with Crippen LogP contribution >= 0.6 is 0 Å². The van der Waals surface area contributed by atoms with E-state index in [1.165, 1.54) is 22.4 Å². The molecule has 76 valence electrons. The standard InChI is InChI=1S/C13H19N/c1-10(2)7-8-14-13-9-11(3)5-6-12(13)4/h5-6,9,14H,1,7-8H2,2-4H3. The van der Waals surface area contributed by atoms with Crippen molar-refractivity contribution < 1.29 is 0 Å². The third-order valence-corrected chi connectivity index (χ3v) is 2.26. The highest BCUT2D eigenvalue weighted by molar-refractivity contribution is 5.52. The second-order valence-corrected chi connectivity index (χ2v) is 3.95. The summed E-state index contributed by atoms with van der Waals surface area (Å²) < 4.78 is 0. The van der Waals surface area contributed by atoms with E-state index in [1.807, 2.05) is 0 Å². The van der Waals surface area contributed by atoms with Gasteiger partial charge >= 0.3 is 0 Å². The minimum atomic E-state index is 0.972. The van der Waals surface area contributed by atoms with E-state index in [0.29, 0.717) is 0 Å². The van der Waals surface area contributed by atoms with Crippen LogP contribution in [0.2, 0.25) is 0 Å². The van der Waals surface area contributed by atoms with Crippen molar-refractivity contribution in [1.29, 1.82) is 0 Å². The number of hydrogen-bond acceptors (Lipinski definition) is 1. The minimum absolute atomic E-state index is 0.972. The zero-order chi connectivity index (χ0) is 10.6. The van der Waals surface area contributed by atoms with E-state index in [0.717, 1.165) is 13.0 Å². The minimum Gasteiger partial charge on any atom is -0.385 e. The van der Waals surface area contributed by atoms with Crippen molar-refractivity contribution in [1.82, 2.24) is 0 Å². The average Bonchev–Trinajstić information content (AvgIpc) is 2.10. The lowest BCUT2D eigenvalue weighted by Crippen LogP contribution is -2.03. The molecule has 0 spiro atoms. The second-order valence-electron chi connectivity index (χ2n) is 3.95. The average molecular weight is 189 g/mol. The maximum atomic E-state index is 3.89. The lowest BCUT2D eigenvalue weighted by atomic mass is 10.1. The Morgan fingerprint density at radius 2 is 2.07 bits per heavy atom. The summed E-state index contributed by atoms with van der Waals surface area (Å²) in [6.45, 7) is 11.2. The van der Waals surface area contributed by atoms with Gasteiger partial charge in [-0.25, -0.2) is 0 Å². The number of nitrogens with one attached hydrogen (secondary N) is 1. The molecule has 1 heteroatoms. The molecule has 0 amide bonds. The molecule has 0 saturated heterocycles. The predicted octanol–water partition coefficient (Wildman–Crippen LogP) is 3.68. The summed E-state index contributed by atoms with van der Waals surface area (Å²) in [6, 6.07) is 6.48. The van der Waals surface area contributed by atoms with Crippen LogP contribution in [0.4, 0.5) is 5.69 Å². The first-order chi connectivity index (χ1) is 6.59. The van der Waals surface area contributed by atoms with E-state index in [4.69, 9.17) is 0 Å². The lowest BCUT2D eigenvalue weighted by molar-refractivity contribution is 0.999. The van der Waals surface area contributed by atoms with E-state index in [2.05, 4.69) is 50.9 Å². The van der Waals surface area contributed by atoms with Crippen LogP contribution in [0, 0.1) is 13.8 Å². The SMILES string of the molecule is C=C(C)CCNc1cc(C)ccc1C. The third kappa shape index (κ3) is 3.25. The van der Waals surface area contributed by atoms with Crippen molar-refractivity contribution in [3.63, 3.8) is 0 Å². The van der Waals surface area contributed by atoms with Crippen molar-refractivity contribution in [2.75, 3.05) is 11.9 Å². The molecule has 1 nitrogen and oxygen atoms in total. The Balaban J connectivity index is 2.57. The lowest BCUT2D eigenvalue weighted by Gasteiger charge is -2.10. The van der Waals surface area contributed by atoms with E-state index in [9.17, 15) is 0 Å². The van der Waals surface area contributed by atoms with Gasteiger partial charge in [-0.1, -0.05) is 17.7 Å². The molecule has 0 saturated carbocycles. The quantitative estimate of drug-likeness (QED) is 0.712. The Kier molecular flexibility index (Phi) is 3.75. The number of rotatable bonds is 4. The summed E-state index contributed by atoms with van der Waals surface area (Å²) in [5, 5.41) is 3.42. The largest absolute Gasteiger partial charge is 0.385 e. The number of anilines is 1. The summed E-state index contributed by atoms with van der Waals surface area (Å²) in [5.74, 6) is 0. The molecule has 0 heterocycles. The molecule has 1 N–H and O–H groups in total. The van der Waals surface area contributed by atoms with Crippen molar-refractivity contribution >= 4 is 5.69 Å². The highest BCUT2D eigenvalue weighted by Gasteiger charge is 1.97. The van der Waals surface area contributed by atoms with Crippen LogP contribution in [0.15, 0.2) is 30.4 Å². The zero-order valence-corrected chi connectivity index (χ0v) is 9.35. The van der Waals surface area contributed by atoms with Gasteiger partial charge in [0, 0.05) is 12.2 Å². The third-order valence-electron chi connectivity index (χ3n) is 2.26. The van der Waals surface area contributed by atoms with Gasteiger partial charge in [0.2, 0.25) is 0 Å². The fourth-order valence-electron chi connectivity index (χ4n) is 1.34. The highest BCUT2D eigenvalue weighted by atomic mass is 14.9. The number of aryl methyl sites for hydroxylation is 2. The summed E-state index contributed by atoms with van der Waals surface area (Å²) in [4.78, 5) is 0. The Morgan fingerprint density at radius 3 is 2.71 bits per heavy atom. The molecular formula is C13H19N. The van der Waals surface area contributed by atoms with E-state index >= 15 is 0 Å². The van der Waals surface area contributed by atoms with Crippen LogP contribution in [0.25, 0.3) is 0 Å². The van der Waals surface area contributed by atoms with Gasteiger partial charge in [0.25, 0.3) is 0 Å². The molecule has 0 radical (unpaired) electrons. The van der Waals surface area contributed by atoms with Crippen LogP contribution in [0.3, 0.4) is 0 Å². The van der Waals surface area contributed by atoms with Gasteiger partial charge in [-0.15, -0.1) is 6.58 Å². The van der Waals surface area contributed by atoms with Gasteiger partial charge in [0.15, 0.2) is 0 Å². The van der Waals surface area contributed by atoms with Gasteiger partial charge in [-0.3, -0.25) is 0 Å². The van der Waals surface area contributed by atoms with Crippen LogP contribution in [-0.4, -0.2) is 6.54 Å². The van der Waals surface area contributed by atoms with Crippen LogP contribution < -0.4 is 5.32 Å². The van der Waals surface area contributed by atoms with Crippen LogP contribution in [-0.2, 0) is 0 Å². The fraction of sp³-hybridized carbons (Fsp3) is 0.385. The monoisotopic (exact) mass is 189 g/mol. The molecule has 14 heavy (non-hydrogen) atoms. The smallest absolute Gasteiger partial charge is 0.0372 e. The molecule has 0 bridgehead atoms. The Hall–Kier alpha value is -1.24. The van der Waals surface area contributed by atoms with E-state index in [1.54, 1.807) is 0 Å². The zero-order valence-electron chi connectivity index (χ0n) is 9.35. The first kappa shape index (κ1) is 10.8. The van der Waals surface area contributed by atoms with Crippen molar-refractivity contribution in [2.45, 2.75) is 27.2 Å². The van der Waals surface area contributed by atoms with Crippen molar-refractivity contribution in [2.24, 2.45) is 0 Å². The summed E-state index contributed by atoms with van der Waals surface area (Å²) in [5.41, 5.74) is 5.07. The fourth-order valence-corrected chi connectivity index (χ4v) is 1.34. The van der Waals surface area contributed by atoms with Crippen LogP contribution in [0.1, 0.15) is 24.5 Å². The molecule has 0 fully saturated rings. The summed E-state index contributed by atoms with van der Waals surface area (Å²) >= 11 is 0. The first-order valence-electron chi connectivity index (χ1n) is 5.05. The van der Waals surface area contributed by atoms with E-state index in [-0.39, 0.29) is 0 Å². The molecule has 0 unspecified atom stereocenters. The highest BCUT2D eigenvalue weighted by Crippen LogP contribution is 2.16. The molecule has 0 aliphatic rings. The molecule has 0 aliphatic heterocycles. The molecule has 0 aliphatic carbocycles. The summed E-state index contributed by atoms with van der Waals surface area (Å²) in [6.07, 6.45) is 1.04. The maximum absolute atomic E-state index is 3.89. The molecule has 1 aromatic carbocycles. The Bertz CT molecular complexity index is 326. The summed E-state index contributed by atoms with van der Waals surface area (Å²) in [7, 11) is 0. The molecular weight excluding hydrogens is 170 g/mol. The van der Waals surface area contributed by atoms with E-state index < -0.39 is 0 Å². The molecule has 1 aromatic rings. The first-order valence-corrected chi connectivity index (χ1v) is 5.05. The van der Waals surface area contributed by atoms with Gasteiger partial charge in [-0.05, 0) is 44.4 Å². The topological polar surface area (TPSA) is 12.0 Å². The second kappa shape index (κ2) is 4.85. The Morgan fingerprint density at radius 1 is 1.36 bits per heavy atom. The van der Waals surface area contributed by atoms with Gasteiger partial charge in [0.1, 0.15) is 0 Å². The normalized spacial score (nSPS) is 9.93. The van der Waals surface area contributed by atoms with Crippen molar-refractivity contribution in [3.8, 4) is 0 Å². The van der Waals surface area contributed by atoms with Gasteiger partial charge < -0.3 is 5.32 Å². The van der Waals surface area contributed by atoms with Crippen LogP contribution in [0.5, 0.6) is 0 Å². The molecule has 0 atom stereocenters. The Labute approximate surface area is 86.8 Å².